The number of fused-ring (bicyclic) bond motifs is 1. The molecule has 0 saturated carbocycles. The molecule has 0 fully saturated rings. The number of H-pyrrole nitrogens is 1. The van der Waals surface area contributed by atoms with Gasteiger partial charge in [0.2, 0.25) is 11.0 Å². The first kappa shape index (κ1) is 19.3. The van der Waals surface area contributed by atoms with Gasteiger partial charge in [-0.2, -0.15) is 0 Å². The number of rotatable bonds is 6. The predicted octanol–water partition coefficient (Wildman–Crippen LogP) is 5.80. The van der Waals surface area contributed by atoms with Crippen LogP contribution < -0.4 is 5.32 Å². The van der Waals surface area contributed by atoms with E-state index in [-0.39, 0.29) is 12.3 Å². The average Bonchev–Trinajstić information content (AvgIpc) is 3.29. The maximum Gasteiger partial charge on any atom is 0.230 e. The topological polar surface area (TPSA) is 70.7 Å². The van der Waals surface area contributed by atoms with E-state index < -0.39 is 0 Å². The van der Waals surface area contributed by atoms with Crippen molar-refractivity contribution in [1.82, 2.24) is 15.2 Å². The van der Waals surface area contributed by atoms with Crippen LogP contribution in [0.1, 0.15) is 11.1 Å². The fourth-order valence-electron chi connectivity index (χ4n) is 2.74. The highest BCUT2D eigenvalue weighted by Crippen LogP contribution is 2.33. The molecule has 2 N–H and O–H groups in total. The van der Waals surface area contributed by atoms with E-state index in [9.17, 15) is 4.79 Å². The monoisotopic (exact) mass is 448 g/mol. The largest absolute Gasteiger partial charge is 0.361 e. The lowest BCUT2D eigenvalue weighted by molar-refractivity contribution is -0.115. The van der Waals surface area contributed by atoms with Gasteiger partial charge in [-0.3, -0.25) is 4.79 Å². The molecule has 9 heteroatoms. The molecule has 0 saturated heterocycles. The highest BCUT2D eigenvalue weighted by Gasteiger charge is 2.13. The molecular weight excluding hydrogens is 435 g/mol. The van der Waals surface area contributed by atoms with Gasteiger partial charge in [0.05, 0.1) is 6.42 Å². The van der Waals surface area contributed by atoms with E-state index in [1.807, 2.05) is 36.5 Å². The molecule has 5 nitrogen and oxygen atoms in total. The third-order valence-electron chi connectivity index (χ3n) is 4.08. The van der Waals surface area contributed by atoms with Gasteiger partial charge in [-0.05, 0) is 29.3 Å². The maximum atomic E-state index is 12.4. The lowest BCUT2D eigenvalue weighted by Gasteiger charge is -2.04. The Labute approximate surface area is 179 Å². The molecule has 142 valence electrons. The zero-order valence-corrected chi connectivity index (χ0v) is 17.6. The second-order valence-electron chi connectivity index (χ2n) is 5.95. The minimum Gasteiger partial charge on any atom is -0.361 e. The highest BCUT2D eigenvalue weighted by atomic mass is 35.5. The SMILES string of the molecule is O=C(Cc1c[nH]c2ccccc12)Nc1nnc(SCc2c(Cl)cccc2Cl)s1. The van der Waals surface area contributed by atoms with Crippen LogP contribution in [-0.4, -0.2) is 21.1 Å². The van der Waals surface area contributed by atoms with Crippen LogP contribution in [0.15, 0.2) is 53.0 Å². The van der Waals surface area contributed by atoms with Gasteiger partial charge in [-0.25, -0.2) is 0 Å². The van der Waals surface area contributed by atoms with Crippen LogP contribution in [0.2, 0.25) is 10.0 Å². The van der Waals surface area contributed by atoms with E-state index in [1.165, 1.54) is 23.1 Å². The van der Waals surface area contributed by atoms with E-state index in [1.54, 1.807) is 12.1 Å². The van der Waals surface area contributed by atoms with Crippen LogP contribution in [0.3, 0.4) is 0 Å². The summed E-state index contributed by atoms with van der Waals surface area (Å²) in [6.07, 6.45) is 2.13. The number of hydrogen-bond acceptors (Lipinski definition) is 5. The first-order chi connectivity index (χ1) is 13.6. The molecule has 28 heavy (non-hydrogen) atoms. The molecule has 0 aliphatic heterocycles. The van der Waals surface area contributed by atoms with Gasteiger partial charge in [-0.1, -0.05) is 70.6 Å². The molecule has 4 aromatic rings. The zero-order chi connectivity index (χ0) is 19.5. The second kappa shape index (κ2) is 8.53. The van der Waals surface area contributed by atoms with Gasteiger partial charge >= 0.3 is 0 Å². The number of halogens is 2. The number of carbonyl (C=O) groups is 1. The van der Waals surface area contributed by atoms with Crippen molar-refractivity contribution >= 4 is 68.2 Å². The lowest BCUT2D eigenvalue weighted by Crippen LogP contribution is -2.14. The van der Waals surface area contributed by atoms with Crippen LogP contribution in [0, 0.1) is 0 Å². The van der Waals surface area contributed by atoms with Crippen molar-refractivity contribution in [1.29, 1.82) is 0 Å². The van der Waals surface area contributed by atoms with Crippen LogP contribution in [0.5, 0.6) is 0 Å². The summed E-state index contributed by atoms with van der Waals surface area (Å²) in [5.74, 6) is 0.447. The Morgan fingerprint density at radius 1 is 1.11 bits per heavy atom. The van der Waals surface area contributed by atoms with Gasteiger partial charge in [0.25, 0.3) is 0 Å². The molecule has 1 amide bonds. The van der Waals surface area contributed by atoms with Gasteiger partial charge in [-0.15, -0.1) is 10.2 Å². The number of thioether (sulfide) groups is 1. The maximum absolute atomic E-state index is 12.4. The molecule has 2 aromatic heterocycles. The number of benzene rings is 2. The standard InChI is InChI=1S/C19H14Cl2N4OS2/c20-14-5-3-6-15(21)13(14)10-27-19-25-24-18(28-19)23-17(26)8-11-9-22-16-7-2-1-4-12(11)16/h1-7,9,22H,8,10H2,(H,23,24,26). The van der Waals surface area contributed by atoms with E-state index >= 15 is 0 Å². The Hall–Kier alpha value is -2.06. The number of hydrogen-bond donors (Lipinski definition) is 2. The number of para-hydroxylation sites is 1. The van der Waals surface area contributed by atoms with Crippen molar-refractivity contribution in [2.75, 3.05) is 5.32 Å². The molecule has 0 bridgehead atoms. The molecule has 0 radical (unpaired) electrons. The van der Waals surface area contributed by atoms with E-state index in [4.69, 9.17) is 23.2 Å². The number of amides is 1. The first-order valence-corrected chi connectivity index (χ1v) is 10.9. The van der Waals surface area contributed by atoms with Crippen LogP contribution in [0.25, 0.3) is 10.9 Å². The van der Waals surface area contributed by atoms with Crippen molar-refractivity contribution < 1.29 is 4.79 Å². The third-order valence-corrected chi connectivity index (χ3v) is 6.79. The molecule has 2 heterocycles. The van der Waals surface area contributed by atoms with E-state index in [2.05, 4.69) is 20.5 Å². The smallest absolute Gasteiger partial charge is 0.230 e. The number of nitrogens with zero attached hydrogens (tertiary/aromatic N) is 2. The summed E-state index contributed by atoms with van der Waals surface area (Å²) in [6.45, 7) is 0. The molecular formula is C19H14Cl2N4OS2. The summed E-state index contributed by atoms with van der Waals surface area (Å²) in [4.78, 5) is 15.5. The average molecular weight is 449 g/mol. The predicted molar refractivity (Wildman–Crippen MR) is 117 cm³/mol. The summed E-state index contributed by atoms with van der Waals surface area (Å²) in [5.41, 5.74) is 2.81. The second-order valence-corrected chi connectivity index (χ2v) is 8.96. The molecule has 0 unspecified atom stereocenters. The summed E-state index contributed by atoms with van der Waals surface area (Å²) < 4.78 is 0.735. The number of aromatic nitrogens is 3. The highest BCUT2D eigenvalue weighted by molar-refractivity contribution is 8.00. The summed E-state index contributed by atoms with van der Waals surface area (Å²) in [7, 11) is 0. The lowest BCUT2D eigenvalue weighted by atomic mass is 10.1. The Kier molecular flexibility index (Phi) is 5.87. The minimum absolute atomic E-state index is 0.133. The Morgan fingerprint density at radius 2 is 1.89 bits per heavy atom. The van der Waals surface area contributed by atoms with Crippen molar-refractivity contribution in [2.24, 2.45) is 0 Å². The zero-order valence-electron chi connectivity index (χ0n) is 14.4. The van der Waals surface area contributed by atoms with Crippen molar-refractivity contribution in [3.63, 3.8) is 0 Å². The van der Waals surface area contributed by atoms with Gasteiger partial charge < -0.3 is 10.3 Å². The number of nitrogens with one attached hydrogen (secondary N) is 2. The first-order valence-electron chi connectivity index (χ1n) is 8.34. The Morgan fingerprint density at radius 3 is 2.71 bits per heavy atom. The number of aromatic amines is 1. The summed E-state index contributed by atoms with van der Waals surface area (Å²) >= 11 is 15.2. The van der Waals surface area contributed by atoms with Gasteiger partial charge in [0.15, 0.2) is 4.34 Å². The Balaban J connectivity index is 1.37. The van der Waals surface area contributed by atoms with Crippen LogP contribution >= 0.6 is 46.3 Å². The van der Waals surface area contributed by atoms with E-state index in [0.717, 1.165) is 26.4 Å². The molecule has 0 aliphatic carbocycles. The number of carbonyl (C=O) groups excluding carboxylic acids is 1. The van der Waals surface area contributed by atoms with Crippen LogP contribution in [0.4, 0.5) is 5.13 Å². The number of anilines is 1. The fraction of sp³-hybridized carbons (Fsp3) is 0.105. The van der Waals surface area contributed by atoms with E-state index in [0.29, 0.717) is 20.9 Å². The van der Waals surface area contributed by atoms with Crippen molar-refractivity contribution in [2.45, 2.75) is 16.5 Å². The molecule has 0 spiro atoms. The molecule has 0 aliphatic rings. The summed E-state index contributed by atoms with van der Waals surface area (Å²) in [5, 5.41) is 13.7. The third kappa shape index (κ3) is 4.33. The fourth-order valence-corrected chi connectivity index (χ4v) is 5.25. The molecule has 4 rings (SSSR count). The Bertz CT molecular complexity index is 1120. The molecule has 2 aromatic carbocycles. The minimum atomic E-state index is -0.133. The van der Waals surface area contributed by atoms with Gasteiger partial charge in [0.1, 0.15) is 0 Å². The summed E-state index contributed by atoms with van der Waals surface area (Å²) in [6, 6.07) is 13.3. The normalized spacial score (nSPS) is 11.1. The van der Waals surface area contributed by atoms with Crippen molar-refractivity contribution in [3.05, 3.63) is 69.8 Å². The quantitative estimate of drug-likeness (QED) is 0.288. The van der Waals surface area contributed by atoms with Crippen molar-refractivity contribution in [3.8, 4) is 0 Å². The van der Waals surface area contributed by atoms with Crippen LogP contribution in [-0.2, 0) is 17.0 Å². The molecule has 0 atom stereocenters. The van der Waals surface area contributed by atoms with Gasteiger partial charge in [0, 0.05) is 32.9 Å².